The molecule has 764 valence electrons. The summed E-state index contributed by atoms with van der Waals surface area (Å²) in [7, 11) is 0. The van der Waals surface area contributed by atoms with Gasteiger partial charge in [0.05, 0.1) is 36.2 Å². The first-order valence-electron chi connectivity index (χ1n) is 47.3. The van der Waals surface area contributed by atoms with Crippen molar-refractivity contribution in [3.63, 3.8) is 0 Å². The van der Waals surface area contributed by atoms with E-state index in [-0.39, 0.29) is 82.0 Å². The fourth-order valence-electron chi connectivity index (χ4n) is 15.5. The van der Waals surface area contributed by atoms with Gasteiger partial charge in [0.1, 0.15) is 70.7 Å². The lowest BCUT2D eigenvalue weighted by Crippen LogP contribution is -2.65. The fraction of sp³-hybridized carbons (Fsp3) is 0.571. The molecule has 5 rings (SSSR count). The molecule has 4 aromatic rings. The Bertz CT molecular complexity index is 5020. The third kappa shape index (κ3) is 38.3. The second-order valence-corrected chi connectivity index (χ2v) is 38.0. The van der Waals surface area contributed by atoms with Crippen LogP contribution < -0.4 is 91.2 Å². The van der Waals surface area contributed by atoms with Gasteiger partial charge in [0.15, 0.2) is 0 Å². The minimum Gasteiger partial charge on any atom is -0.508 e. The predicted octanol–water partition coefficient (Wildman–Crippen LogP) is 1.13. The van der Waals surface area contributed by atoms with Crippen LogP contribution in [0.15, 0.2) is 97.2 Å². The van der Waals surface area contributed by atoms with E-state index in [0.717, 1.165) is 0 Å². The summed E-state index contributed by atoms with van der Waals surface area (Å²) in [4.78, 5) is 284. The largest absolute Gasteiger partial charge is 0.508 e. The number of aliphatic hydroxyl groups excluding tert-OH is 1. The number of Topliss-reactive ketones (excluding diaryl/α,β-unsaturated/α-hetero) is 4. The lowest BCUT2D eigenvalue weighted by Gasteiger charge is -2.34. The van der Waals surface area contributed by atoms with Crippen LogP contribution in [0.4, 0.5) is 0 Å². The average molecular weight is 1940 g/mol. The molecule has 41 nitrogen and oxygen atoms in total. The Morgan fingerprint density at radius 2 is 1.14 bits per heavy atom. The number of amides is 15. The first-order valence-corrected chi connectivity index (χ1v) is 47.3. The predicted molar refractivity (Wildman–Crippen MR) is 515 cm³/mol. The van der Waals surface area contributed by atoms with Crippen molar-refractivity contribution in [1.29, 1.82) is 0 Å². The number of carbonyl (C=O) groups excluding carboxylic acids is 19. The number of hydrogen-bond acceptors (Lipinski definition) is 24. The first-order chi connectivity index (χ1) is 65.1. The van der Waals surface area contributed by atoms with Gasteiger partial charge in [-0.1, -0.05) is 127 Å². The molecule has 41 heteroatoms. The maximum absolute atomic E-state index is 15.6. The maximum Gasteiger partial charge on any atom is 0.303 e. The third-order valence-corrected chi connectivity index (χ3v) is 24.0. The zero-order valence-electron chi connectivity index (χ0n) is 82.4. The van der Waals surface area contributed by atoms with Crippen LogP contribution in [0.5, 0.6) is 5.75 Å². The number of hydrogen-bond donors (Lipinski definition) is 21. The number of aromatic nitrogens is 1. The van der Waals surface area contributed by atoms with E-state index in [2.05, 4.69) is 84.7 Å². The summed E-state index contributed by atoms with van der Waals surface area (Å²) in [5, 5.41) is 72.1. The van der Waals surface area contributed by atoms with Crippen molar-refractivity contribution in [3.8, 4) is 5.75 Å². The smallest absolute Gasteiger partial charge is 0.303 e. The van der Waals surface area contributed by atoms with Gasteiger partial charge in [-0.2, -0.15) is 0 Å². The van der Waals surface area contributed by atoms with Gasteiger partial charge < -0.3 is 112 Å². The van der Waals surface area contributed by atoms with Crippen molar-refractivity contribution in [2.45, 2.75) is 322 Å². The fourth-order valence-corrected chi connectivity index (χ4v) is 15.5. The second kappa shape index (κ2) is 55.4. The molecule has 23 N–H and O–H groups in total. The number of allylic oxidation sites excluding steroid dienone is 2. The highest BCUT2D eigenvalue weighted by Gasteiger charge is 2.45. The number of nitrogens with two attached hydrogens (primary N) is 2. The van der Waals surface area contributed by atoms with E-state index < -0.39 is 257 Å². The molecular weight excluding hydrogens is 1800 g/mol. The number of aliphatic hydroxyl groups is 1. The van der Waals surface area contributed by atoms with Crippen molar-refractivity contribution in [2.75, 3.05) is 13.1 Å². The second-order valence-electron chi connectivity index (χ2n) is 38.0. The number of phenolic OH excluding ortho intramolecular Hbond substituents is 1. The van der Waals surface area contributed by atoms with Gasteiger partial charge in [-0.25, -0.2) is 0 Å². The lowest BCUT2D eigenvalue weighted by molar-refractivity contribution is -0.140. The number of rotatable bonds is 39. The quantitative estimate of drug-likeness (QED) is 0.0220. The van der Waals surface area contributed by atoms with E-state index in [1.165, 1.54) is 107 Å². The number of benzene rings is 3. The van der Waals surface area contributed by atoms with Gasteiger partial charge >= 0.3 is 5.97 Å². The van der Waals surface area contributed by atoms with E-state index in [1.54, 1.807) is 88.5 Å². The number of fused-ring (bicyclic) bond motifs is 1. The number of nitrogens with one attached hydrogen (secondary N) is 16. The molecule has 0 radical (unpaired) electrons. The number of aliphatic carboxylic acids is 1. The SMILES string of the molecule is CC(=O)N[C@@H](CC(C)C)C(=O)N[C@H](C(=O)N[C@@H](Cc1ccccc1)C(=O)N[C@]1(C)CCCCCC/C=C/CCC[C@@](C)(C(=O)NC(C)C(=O)NC(C)(C)C(=O)NC(C)C(=O)N[C@@H](C)C(=O)C(=O)[C@H](C)NC[C@H](C)C(N)=O)NC(=O)[C@H](CC(C)C)CN[C@@H](CCC(N)=O)C(=O)C(=O)C(C)NC(=O)[C@H](Cc2c[nH]c3ccccc23)NC(=O)C(Cc2ccc(O)cc2)NC(=O)[C@H](CCC(=O)O)NC1=O)[C@@H](C)O. The maximum atomic E-state index is 15.6. The number of primary amides is 2. The summed E-state index contributed by atoms with van der Waals surface area (Å²) >= 11 is 0. The normalized spacial score (nSPS) is 21.8. The molecule has 1 aliphatic heterocycles. The first kappa shape index (κ1) is 116. The number of phenols is 1. The molecule has 1 aliphatic rings. The number of H-pyrrole nitrogens is 1. The van der Waals surface area contributed by atoms with Crippen molar-refractivity contribution in [2.24, 2.45) is 35.1 Å². The molecule has 0 saturated heterocycles. The van der Waals surface area contributed by atoms with Crippen LogP contribution in [0.3, 0.4) is 0 Å². The van der Waals surface area contributed by atoms with E-state index >= 15 is 33.6 Å². The van der Waals surface area contributed by atoms with E-state index in [1.807, 2.05) is 12.2 Å². The number of aromatic hydroxyl groups is 1. The van der Waals surface area contributed by atoms with E-state index in [4.69, 9.17) is 11.5 Å². The number of ketones is 4. The highest BCUT2D eigenvalue weighted by Crippen LogP contribution is 2.26. The van der Waals surface area contributed by atoms with Crippen molar-refractivity contribution in [1.82, 2.24) is 84.7 Å². The number of aromatic amines is 1. The molecule has 0 bridgehead atoms. The van der Waals surface area contributed by atoms with Crippen LogP contribution in [-0.4, -0.2) is 246 Å². The summed E-state index contributed by atoms with van der Waals surface area (Å²) in [6.45, 7) is 22.6. The van der Waals surface area contributed by atoms with Crippen molar-refractivity contribution < 1.29 is 111 Å². The zero-order chi connectivity index (χ0) is 104. The minimum absolute atomic E-state index is 0.00666. The van der Waals surface area contributed by atoms with Crippen LogP contribution >= 0.6 is 0 Å². The number of carboxylic acid groups (broad SMARTS) is 1. The standard InChI is InChI=1S/C98H144N18O23/c1-53(2)45-66-52-103-70(39-41-76(99)120)82(126)81(125)58(8)105-88(132)75(49-65-51-102-69-34-28-27-33-68(65)69)110-89(133)73(48-64-35-37-67(119)38-36-64)109-87(131)71(40-42-77(121)122)112-95(139)98(16,116-91(135)74(47-63-31-25-24-26-32-63)111-92(136)78(61(11)117)113-90(134)72(46-54(3)4)108-62(12)118)44-30-23-21-19-17-18-20-22-29-43-97(15,115-86(66)130)94(138)107-60(10)85(129)114-96(13,14)93(137)106-59(9)84(128)104-57(7)80(124)79(123)56(6)101-50-55(5)83(100)127/h18,20,24-28,31-38,51,53-61,66,70-75,78,101-103,117,119H,17,19,21-23,29-30,39-50,52H2,1-16H3,(H2,99,120)(H2,100,127)(H,104,128)(H,105,132)(H,106,137)(H,107,138)(H,108,118)(H,109,131)(H,110,133)(H,111,136)(H,112,139)(H,113,134)(H,114,129)(H,115,130)(H,116,135)(H,121,122)/b20-18+/t55-,56-,57-,58?,59?,60?,61+,66+,70-,71-,72-,73?,74-,75-,78-,97-,98+/m0/s1. The highest BCUT2D eigenvalue weighted by molar-refractivity contribution is 6.41. The summed E-state index contributed by atoms with van der Waals surface area (Å²) < 4.78 is 0. The molecule has 17 atom stereocenters. The number of para-hydroxylation sites is 1. The third-order valence-electron chi connectivity index (χ3n) is 24.0. The molecule has 0 saturated carbocycles. The Hall–Kier alpha value is -13.2. The summed E-state index contributed by atoms with van der Waals surface area (Å²) in [6, 6.07) is 2.40. The minimum atomic E-state index is -2.08. The topological polar surface area (TPSA) is 650 Å². The van der Waals surface area contributed by atoms with E-state index in [0.29, 0.717) is 59.7 Å². The van der Waals surface area contributed by atoms with Gasteiger partial charge in [0.25, 0.3) is 0 Å². The van der Waals surface area contributed by atoms with Crippen LogP contribution in [0.25, 0.3) is 10.9 Å². The Morgan fingerprint density at radius 1 is 0.554 bits per heavy atom. The van der Waals surface area contributed by atoms with Crippen LogP contribution in [0, 0.1) is 23.7 Å². The van der Waals surface area contributed by atoms with Crippen LogP contribution in [0.1, 0.15) is 224 Å². The van der Waals surface area contributed by atoms with Gasteiger partial charge in [-0.15, -0.1) is 0 Å². The molecule has 2 heterocycles. The van der Waals surface area contributed by atoms with Gasteiger partial charge in [-0.05, 0) is 180 Å². The number of carboxylic acids is 1. The highest BCUT2D eigenvalue weighted by atomic mass is 16.4. The molecule has 1 aromatic heterocycles. The molecule has 0 spiro atoms. The number of carbonyl (C=O) groups is 20. The summed E-state index contributed by atoms with van der Waals surface area (Å²) in [6.07, 6.45) is 2.85. The summed E-state index contributed by atoms with van der Waals surface area (Å²) in [5.41, 5.74) is 7.03. The Labute approximate surface area is 810 Å². The molecule has 139 heavy (non-hydrogen) atoms. The molecule has 15 amide bonds. The average Bonchev–Trinajstić information content (AvgIpc) is 1.81. The Balaban J connectivity index is 1.60. The van der Waals surface area contributed by atoms with Gasteiger partial charge in [0.2, 0.25) is 112 Å². The molecule has 4 unspecified atom stereocenters. The summed E-state index contributed by atoms with van der Waals surface area (Å²) in [5.74, 6) is -21.7. The van der Waals surface area contributed by atoms with Crippen molar-refractivity contribution in [3.05, 3.63) is 114 Å². The zero-order valence-corrected chi connectivity index (χ0v) is 82.4. The lowest BCUT2D eigenvalue weighted by atomic mass is 9.89. The Kier molecular flexibility index (Phi) is 46.4. The van der Waals surface area contributed by atoms with Gasteiger partial charge in [-0.3, -0.25) is 95.9 Å². The van der Waals surface area contributed by atoms with Crippen molar-refractivity contribution >= 4 is 129 Å². The molecule has 0 fully saturated rings. The molecule has 3 aromatic carbocycles. The molecule has 0 aliphatic carbocycles. The van der Waals surface area contributed by atoms with Crippen LogP contribution in [-0.2, 0) is 115 Å². The van der Waals surface area contributed by atoms with Gasteiger partial charge in [0, 0.05) is 75.1 Å². The van der Waals surface area contributed by atoms with Crippen LogP contribution in [0.2, 0.25) is 0 Å². The monoisotopic (exact) mass is 1940 g/mol. The Morgan fingerprint density at radius 3 is 1.76 bits per heavy atom. The molecular formula is C98H144N18O23. The van der Waals surface area contributed by atoms with E-state index in [9.17, 15) is 77.6 Å².